The number of para-hydroxylation sites is 1. The molecule has 0 saturated carbocycles. The van der Waals surface area contributed by atoms with Gasteiger partial charge in [0.05, 0.1) is 0 Å². The van der Waals surface area contributed by atoms with Gasteiger partial charge in [0.1, 0.15) is 19.0 Å². The fourth-order valence-corrected chi connectivity index (χ4v) is 3.04. The number of hydrogen-bond acceptors (Lipinski definition) is 4. The third-order valence-electron chi connectivity index (χ3n) is 4.16. The zero-order valence-electron chi connectivity index (χ0n) is 14.9. The van der Waals surface area contributed by atoms with Crippen LogP contribution in [0, 0.1) is 0 Å². The number of ether oxygens (including phenoxy) is 3. The van der Waals surface area contributed by atoms with E-state index in [1.165, 1.54) is 0 Å². The van der Waals surface area contributed by atoms with Crippen LogP contribution in [0.1, 0.15) is 19.4 Å². The summed E-state index contributed by atoms with van der Waals surface area (Å²) in [6, 6.07) is 12.8. The molecule has 1 aliphatic heterocycles. The number of carbonyl (C=O) groups excluding carboxylic acids is 1. The van der Waals surface area contributed by atoms with Crippen molar-refractivity contribution in [2.75, 3.05) is 19.8 Å². The number of rotatable bonds is 6. The van der Waals surface area contributed by atoms with Crippen LogP contribution in [0.2, 0.25) is 5.02 Å². The van der Waals surface area contributed by atoms with E-state index in [9.17, 15) is 4.79 Å². The van der Waals surface area contributed by atoms with Crippen molar-refractivity contribution in [3.63, 3.8) is 0 Å². The number of carbonyl (C=O) groups is 1. The second kappa shape index (κ2) is 8.32. The minimum absolute atomic E-state index is 0.0955. The van der Waals surface area contributed by atoms with Gasteiger partial charge in [0.25, 0.3) is 5.91 Å². The van der Waals surface area contributed by atoms with Crippen molar-refractivity contribution in [2.45, 2.75) is 26.5 Å². The van der Waals surface area contributed by atoms with E-state index in [4.69, 9.17) is 25.8 Å². The zero-order chi connectivity index (χ0) is 18.5. The Kier molecular flexibility index (Phi) is 5.89. The van der Waals surface area contributed by atoms with E-state index in [0.29, 0.717) is 42.8 Å². The molecular weight excluding hydrogens is 354 g/mol. The Morgan fingerprint density at radius 2 is 2.00 bits per heavy atom. The topological polar surface area (TPSA) is 48.0 Å². The molecule has 1 aliphatic rings. The smallest absolute Gasteiger partial charge is 0.263 e. The molecule has 0 spiro atoms. The number of fused-ring (bicyclic) bond motifs is 1. The standard InChI is InChI=1S/C20H22ClNO4/c1-3-22(13-15-6-4-9-18-19(15)25-11-10-24-18)20(23)14(2)26-17-8-5-7-16(21)12-17/h4-9,12,14H,3,10-11,13H2,1-2H3. The number of likely N-dealkylation sites (N-methyl/N-ethyl adjacent to an activating group) is 1. The molecular formula is C20H22ClNO4. The van der Waals surface area contributed by atoms with Crippen LogP contribution in [0.25, 0.3) is 0 Å². The highest BCUT2D eigenvalue weighted by Crippen LogP contribution is 2.34. The Labute approximate surface area is 158 Å². The lowest BCUT2D eigenvalue weighted by Gasteiger charge is -2.27. The first-order valence-corrected chi connectivity index (χ1v) is 9.04. The summed E-state index contributed by atoms with van der Waals surface area (Å²) in [5.74, 6) is 1.92. The van der Waals surface area contributed by atoms with Crippen molar-refractivity contribution in [3.8, 4) is 17.2 Å². The van der Waals surface area contributed by atoms with Gasteiger partial charge in [0.15, 0.2) is 17.6 Å². The Morgan fingerprint density at radius 3 is 2.77 bits per heavy atom. The summed E-state index contributed by atoms with van der Waals surface area (Å²) in [5.41, 5.74) is 0.923. The van der Waals surface area contributed by atoms with E-state index in [1.807, 2.05) is 25.1 Å². The molecule has 0 N–H and O–H groups in total. The highest BCUT2D eigenvalue weighted by molar-refractivity contribution is 6.30. The van der Waals surface area contributed by atoms with Crippen LogP contribution in [0.3, 0.4) is 0 Å². The predicted molar refractivity (Wildman–Crippen MR) is 100 cm³/mol. The fraction of sp³-hybridized carbons (Fsp3) is 0.350. The molecule has 1 atom stereocenters. The monoisotopic (exact) mass is 375 g/mol. The van der Waals surface area contributed by atoms with Gasteiger partial charge >= 0.3 is 0 Å². The highest BCUT2D eigenvalue weighted by atomic mass is 35.5. The Balaban J connectivity index is 1.71. The molecule has 6 heteroatoms. The third kappa shape index (κ3) is 4.22. The molecule has 0 fully saturated rings. The lowest BCUT2D eigenvalue weighted by atomic mass is 10.1. The van der Waals surface area contributed by atoms with E-state index < -0.39 is 6.10 Å². The molecule has 0 aliphatic carbocycles. The van der Waals surface area contributed by atoms with Crippen LogP contribution in [0.15, 0.2) is 42.5 Å². The lowest BCUT2D eigenvalue weighted by Crippen LogP contribution is -2.40. The van der Waals surface area contributed by atoms with E-state index in [1.54, 1.807) is 36.1 Å². The van der Waals surface area contributed by atoms with Crippen molar-refractivity contribution < 1.29 is 19.0 Å². The molecule has 138 valence electrons. The van der Waals surface area contributed by atoms with Gasteiger partial charge in [-0.25, -0.2) is 0 Å². The maximum atomic E-state index is 12.8. The van der Waals surface area contributed by atoms with Crippen LogP contribution >= 0.6 is 11.6 Å². The van der Waals surface area contributed by atoms with Gasteiger partial charge in [-0.1, -0.05) is 29.8 Å². The van der Waals surface area contributed by atoms with Gasteiger partial charge in [-0.3, -0.25) is 4.79 Å². The molecule has 2 aromatic carbocycles. The van der Waals surface area contributed by atoms with E-state index in [0.717, 1.165) is 11.3 Å². The zero-order valence-corrected chi connectivity index (χ0v) is 15.7. The summed E-state index contributed by atoms with van der Waals surface area (Å²) < 4.78 is 17.1. The molecule has 3 rings (SSSR count). The number of hydrogen-bond donors (Lipinski definition) is 0. The molecule has 0 radical (unpaired) electrons. The maximum Gasteiger partial charge on any atom is 0.263 e. The number of nitrogens with zero attached hydrogens (tertiary/aromatic N) is 1. The molecule has 1 amide bonds. The number of amides is 1. The first kappa shape index (κ1) is 18.4. The van der Waals surface area contributed by atoms with Crippen molar-refractivity contribution in [1.82, 2.24) is 4.90 Å². The maximum absolute atomic E-state index is 12.8. The molecule has 1 unspecified atom stereocenters. The Bertz CT molecular complexity index is 780. The highest BCUT2D eigenvalue weighted by Gasteiger charge is 2.24. The van der Waals surface area contributed by atoms with E-state index in [2.05, 4.69) is 0 Å². The van der Waals surface area contributed by atoms with Gasteiger partial charge in [-0.05, 0) is 38.1 Å². The summed E-state index contributed by atoms with van der Waals surface area (Å²) in [6.45, 7) is 5.73. The van der Waals surface area contributed by atoms with Gasteiger partial charge in [-0.2, -0.15) is 0 Å². The lowest BCUT2D eigenvalue weighted by molar-refractivity contribution is -0.138. The van der Waals surface area contributed by atoms with Gasteiger partial charge in [-0.15, -0.1) is 0 Å². The molecule has 5 nitrogen and oxygen atoms in total. The molecule has 1 heterocycles. The van der Waals surface area contributed by atoms with Gasteiger partial charge in [0, 0.05) is 23.7 Å². The summed E-state index contributed by atoms with van der Waals surface area (Å²) in [4.78, 5) is 14.6. The number of halogens is 1. The quantitative estimate of drug-likeness (QED) is 0.767. The Hall–Kier alpha value is -2.40. The van der Waals surface area contributed by atoms with Gasteiger partial charge in [0.2, 0.25) is 0 Å². The average Bonchev–Trinajstić information content (AvgIpc) is 2.65. The summed E-state index contributed by atoms with van der Waals surface area (Å²) in [5, 5.41) is 0.572. The molecule has 0 aromatic heterocycles. The van der Waals surface area contributed by atoms with Crippen molar-refractivity contribution >= 4 is 17.5 Å². The van der Waals surface area contributed by atoms with Crippen molar-refractivity contribution in [2.24, 2.45) is 0 Å². The fourth-order valence-electron chi connectivity index (χ4n) is 2.86. The first-order chi connectivity index (χ1) is 12.6. The minimum atomic E-state index is -0.620. The number of benzene rings is 2. The normalized spacial score (nSPS) is 13.8. The Morgan fingerprint density at radius 1 is 1.23 bits per heavy atom. The predicted octanol–water partition coefficient (Wildman–Crippen LogP) is 3.93. The first-order valence-electron chi connectivity index (χ1n) is 8.67. The van der Waals surface area contributed by atoms with E-state index >= 15 is 0 Å². The second-order valence-corrected chi connectivity index (χ2v) is 6.45. The molecule has 26 heavy (non-hydrogen) atoms. The van der Waals surface area contributed by atoms with Crippen LogP contribution in [-0.4, -0.2) is 36.7 Å². The van der Waals surface area contributed by atoms with E-state index in [-0.39, 0.29) is 5.91 Å². The third-order valence-corrected chi connectivity index (χ3v) is 4.39. The second-order valence-electron chi connectivity index (χ2n) is 6.01. The molecule has 0 bridgehead atoms. The summed E-state index contributed by atoms with van der Waals surface area (Å²) in [7, 11) is 0. The van der Waals surface area contributed by atoms with Crippen LogP contribution < -0.4 is 14.2 Å². The SMILES string of the molecule is CCN(Cc1cccc2c1OCCO2)C(=O)C(C)Oc1cccc(Cl)c1. The summed E-state index contributed by atoms with van der Waals surface area (Å²) >= 11 is 5.97. The average molecular weight is 376 g/mol. The van der Waals surface area contributed by atoms with Crippen LogP contribution in [-0.2, 0) is 11.3 Å². The molecule has 0 saturated heterocycles. The van der Waals surface area contributed by atoms with Crippen molar-refractivity contribution in [3.05, 3.63) is 53.1 Å². The molecule has 2 aromatic rings. The van der Waals surface area contributed by atoms with Crippen LogP contribution in [0.4, 0.5) is 0 Å². The van der Waals surface area contributed by atoms with Crippen molar-refractivity contribution in [1.29, 1.82) is 0 Å². The van der Waals surface area contributed by atoms with Gasteiger partial charge < -0.3 is 19.1 Å². The summed E-state index contributed by atoms with van der Waals surface area (Å²) in [6.07, 6.45) is -0.620. The van der Waals surface area contributed by atoms with Crippen LogP contribution in [0.5, 0.6) is 17.2 Å². The minimum Gasteiger partial charge on any atom is -0.486 e. The largest absolute Gasteiger partial charge is 0.486 e.